The summed E-state index contributed by atoms with van der Waals surface area (Å²) >= 11 is 0. The second kappa shape index (κ2) is 11.8. The Kier molecular flexibility index (Phi) is 8.48. The molecule has 0 aromatic heterocycles. The summed E-state index contributed by atoms with van der Waals surface area (Å²) < 4.78 is 57.4. The monoisotopic (exact) mass is 514 g/mol. The Morgan fingerprint density at radius 1 is 0.811 bits per heavy atom. The second-order valence-electron chi connectivity index (χ2n) is 11.4. The van der Waals surface area contributed by atoms with E-state index in [4.69, 9.17) is 9.47 Å². The summed E-state index contributed by atoms with van der Waals surface area (Å²) in [6, 6.07) is 5.08. The average molecular weight is 515 g/mol. The summed E-state index contributed by atoms with van der Waals surface area (Å²) in [4.78, 5) is 0. The third-order valence-corrected chi connectivity index (χ3v) is 9.02. The van der Waals surface area contributed by atoms with Crippen molar-refractivity contribution in [2.45, 2.75) is 103 Å². The van der Waals surface area contributed by atoms with Gasteiger partial charge in [-0.2, -0.15) is 0 Å². The molecule has 0 N–H and O–H groups in total. The van der Waals surface area contributed by atoms with Crippen LogP contribution in [0.4, 0.5) is 13.2 Å². The van der Waals surface area contributed by atoms with Crippen LogP contribution in [0, 0.1) is 29.3 Å². The molecule has 5 rings (SSSR count). The van der Waals surface area contributed by atoms with Crippen LogP contribution < -0.4 is 4.74 Å². The molecule has 1 saturated heterocycles. The fourth-order valence-electron chi connectivity index (χ4n) is 6.72. The molecule has 202 valence electrons. The number of fused-ring (bicyclic) bond motifs is 4. The zero-order valence-corrected chi connectivity index (χ0v) is 22.4. The summed E-state index contributed by atoms with van der Waals surface area (Å²) in [6.45, 7) is 5.10. The van der Waals surface area contributed by atoms with E-state index in [9.17, 15) is 0 Å². The number of hydrogen-bond donors (Lipinski definition) is 0. The molecule has 2 aliphatic carbocycles. The smallest absolute Gasteiger partial charge is 0.173 e. The molecule has 2 nitrogen and oxygen atoms in total. The normalized spacial score (nSPS) is 24.8. The summed E-state index contributed by atoms with van der Waals surface area (Å²) in [5.41, 5.74) is 1.76. The Labute approximate surface area is 219 Å². The van der Waals surface area contributed by atoms with Crippen molar-refractivity contribution >= 4 is 0 Å². The van der Waals surface area contributed by atoms with E-state index in [1.807, 2.05) is 6.92 Å². The van der Waals surface area contributed by atoms with E-state index in [-0.39, 0.29) is 28.9 Å². The maximum atomic E-state index is 15.3. The maximum Gasteiger partial charge on any atom is 0.173 e. The van der Waals surface area contributed by atoms with Crippen molar-refractivity contribution in [1.29, 1.82) is 0 Å². The van der Waals surface area contributed by atoms with Crippen molar-refractivity contribution in [3.05, 3.63) is 41.2 Å². The number of hydrogen-bond acceptors (Lipinski definition) is 2. The molecule has 2 atom stereocenters. The van der Waals surface area contributed by atoms with Crippen LogP contribution in [0.3, 0.4) is 0 Å². The molecule has 1 saturated carbocycles. The van der Waals surface area contributed by atoms with Crippen molar-refractivity contribution in [2.75, 3.05) is 13.2 Å². The van der Waals surface area contributed by atoms with Gasteiger partial charge in [-0.3, -0.25) is 0 Å². The van der Waals surface area contributed by atoms with Crippen molar-refractivity contribution in [3.8, 4) is 28.0 Å². The molecule has 0 spiro atoms. The molecule has 2 aromatic carbocycles. The van der Waals surface area contributed by atoms with Crippen LogP contribution in [-0.2, 0) is 4.74 Å². The van der Waals surface area contributed by atoms with Crippen molar-refractivity contribution in [1.82, 2.24) is 0 Å². The van der Waals surface area contributed by atoms with Crippen LogP contribution in [0.25, 0.3) is 22.3 Å². The Hall–Kier alpha value is -2.01. The quantitative estimate of drug-likeness (QED) is 0.251. The van der Waals surface area contributed by atoms with Gasteiger partial charge < -0.3 is 9.47 Å². The number of halogens is 3. The molecular weight excluding hydrogens is 473 g/mol. The van der Waals surface area contributed by atoms with E-state index in [1.54, 1.807) is 18.2 Å². The van der Waals surface area contributed by atoms with E-state index in [0.29, 0.717) is 35.8 Å². The first-order chi connectivity index (χ1) is 18.0. The van der Waals surface area contributed by atoms with E-state index in [2.05, 4.69) is 6.92 Å². The van der Waals surface area contributed by atoms with Gasteiger partial charge >= 0.3 is 0 Å². The minimum absolute atomic E-state index is 0.0417. The SMILES string of the molecule is CCCCCC1CCC(C2CCC(c3cc4c(c(F)c3F)-c3c-4ccc(OCCCC)c3F)CO2)CC1. The highest BCUT2D eigenvalue weighted by molar-refractivity contribution is 6.03. The molecule has 0 amide bonds. The first-order valence-electron chi connectivity index (χ1n) is 14.6. The lowest BCUT2D eigenvalue weighted by molar-refractivity contribution is -0.0441. The van der Waals surface area contributed by atoms with Crippen LogP contribution in [0.2, 0.25) is 0 Å². The molecule has 1 heterocycles. The highest BCUT2D eigenvalue weighted by Crippen LogP contribution is 2.53. The molecule has 2 aromatic rings. The number of rotatable bonds is 10. The number of ether oxygens (including phenoxy) is 2. The molecule has 1 aliphatic heterocycles. The fraction of sp³-hybridized carbons (Fsp3) is 0.625. The van der Waals surface area contributed by atoms with Gasteiger partial charge in [0.1, 0.15) is 0 Å². The van der Waals surface area contributed by atoms with Gasteiger partial charge in [0.05, 0.1) is 19.3 Å². The predicted octanol–water partition coefficient (Wildman–Crippen LogP) is 9.58. The first-order valence-corrected chi connectivity index (χ1v) is 14.6. The third-order valence-electron chi connectivity index (χ3n) is 9.02. The van der Waals surface area contributed by atoms with Crippen molar-refractivity contribution in [3.63, 3.8) is 0 Å². The highest BCUT2D eigenvalue weighted by atomic mass is 19.2. The summed E-state index contributed by atoms with van der Waals surface area (Å²) in [5.74, 6) is -1.03. The fourth-order valence-corrected chi connectivity index (χ4v) is 6.72. The van der Waals surface area contributed by atoms with Crippen molar-refractivity contribution in [2.24, 2.45) is 11.8 Å². The molecule has 3 aliphatic rings. The Bertz CT molecular complexity index is 1080. The van der Waals surface area contributed by atoms with E-state index < -0.39 is 17.5 Å². The van der Waals surface area contributed by atoms with Crippen LogP contribution in [0.5, 0.6) is 5.75 Å². The molecule has 5 heteroatoms. The first kappa shape index (κ1) is 26.6. The topological polar surface area (TPSA) is 18.5 Å². The van der Waals surface area contributed by atoms with Gasteiger partial charge in [0.2, 0.25) is 0 Å². The van der Waals surface area contributed by atoms with Crippen LogP contribution in [-0.4, -0.2) is 19.3 Å². The van der Waals surface area contributed by atoms with Gasteiger partial charge in [-0.15, -0.1) is 0 Å². The summed E-state index contributed by atoms with van der Waals surface area (Å²) in [7, 11) is 0. The lowest BCUT2D eigenvalue weighted by atomic mass is 9.74. The summed E-state index contributed by atoms with van der Waals surface area (Å²) in [5, 5.41) is 0. The maximum absolute atomic E-state index is 15.3. The van der Waals surface area contributed by atoms with Gasteiger partial charge in [0.25, 0.3) is 0 Å². The highest BCUT2D eigenvalue weighted by Gasteiger charge is 2.37. The molecule has 2 fully saturated rings. The van der Waals surface area contributed by atoms with Gasteiger partial charge in [-0.1, -0.05) is 58.8 Å². The van der Waals surface area contributed by atoms with Crippen LogP contribution in [0.15, 0.2) is 18.2 Å². The zero-order chi connectivity index (χ0) is 25.9. The van der Waals surface area contributed by atoms with Gasteiger partial charge in [0.15, 0.2) is 23.2 Å². The Balaban J connectivity index is 1.22. The lowest BCUT2D eigenvalue weighted by Crippen LogP contribution is -2.34. The van der Waals surface area contributed by atoms with Crippen molar-refractivity contribution < 1.29 is 22.6 Å². The van der Waals surface area contributed by atoms with E-state index >= 15 is 13.2 Å². The van der Waals surface area contributed by atoms with E-state index in [1.165, 1.54) is 51.4 Å². The predicted molar refractivity (Wildman–Crippen MR) is 142 cm³/mol. The summed E-state index contributed by atoms with van der Waals surface area (Å²) in [6.07, 6.45) is 14.0. The molecule has 0 radical (unpaired) electrons. The van der Waals surface area contributed by atoms with Gasteiger partial charge in [-0.05, 0) is 78.8 Å². The third kappa shape index (κ3) is 5.30. The van der Waals surface area contributed by atoms with Gasteiger partial charge in [-0.25, -0.2) is 13.2 Å². The van der Waals surface area contributed by atoms with Crippen LogP contribution >= 0.6 is 0 Å². The largest absolute Gasteiger partial charge is 0.490 e. The van der Waals surface area contributed by atoms with E-state index in [0.717, 1.165) is 31.6 Å². The minimum atomic E-state index is -0.951. The molecule has 2 unspecified atom stereocenters. The second-order valence-corrected chi connectivity index (χ2v) is 11.4. The number of unbranched alkanes of at least 4 members (excludes halogenated alkanes) is 3. The molecule has 37 heavy (non-hydrogen) atoms. The van der Waals surface area contributed by atoms with Crippen LogP contribution in [0.1, 0.15) is 102 Å². The standard InChI is InChI=1S/C32H41F3O2/c1-3-5-7-8-20-9-11-21(12-10-20)26-15-13-22(19-37-26)24-18-25-23-14-16-27(36-17-6-4-2)31(34)28(23)29(25)32(35)30(24)33/h14,16,18,20-22,26H,3-13,15,17,19H2,1-2H3. The molecular formula is C32H41F3O2. The average Bonchev–Trinajstić information content (AvgIpc) is 2.91. The van der Waals surface area contributed by atoms with Gasteiger partial charge in [0, 0.05) is 17.0 Å². The Morgan fingerprint density at radius 2 is 1.57 bits per heavy atom. The number of benzene rings is 2. The Morgan fingerprint density at radius 3 is 2.27 bits per heavy atom. The minimum Gasteiger partial charge on any atom is -0.490 e. The molecule has 0 bridgehead atoms. The lowest BCUT2D eigenvalue weighted by Gasteiger charge is -2.38. The zero-order valence-electron chi connectivity index (χ0n) is 22.4.